The molecule has 1 atom stereocenters. The molecule has 18 heavy (non-hydrogen) atoms. The Balaban J connectivity index is 2.52. The van der Waals surface area contributed by atoms with Crippen LogP contribution in [0.2, 0.25) is 0 Å². The number of carboxylic acid groups (broad SMARTS) is 1. The normalized spacial score (nSPS) is 12.3. The Morgan fingerprint density at radius 3 is 2.94 bits per heavy atom. The highest BCUT2D eigenvalue weighted by molar-refractivity contribution is 5.65. The Labute approximate surface area is 101 Å². The second-order valence-corrected chi connectivity index (χ2v) is 3.77. The lowest BCUT2D eigenvalue weighted by atomic mass is 10.2. The van der Waals surface area contributed by atoms with E-state index in [1.54, 1.807) is 6.92 Å². The van der Waals surface area contributed by atoms with Gasteiger partial charge < -0.3 is 10.4 Å². The number of nitrogens with one attached hydrogen (secondary N) is 1. The van der Waals surface area contributed by atoms with E-state index >= 15 is 0 Å². The van der Waals surface area contributed by atoms with Crippen molar-refractivity contribution in [2.75, 3.05) is 0 Å². The number of fused-ring (bicyclic) bond motifs is 1. The Morgan fingerprint density at radius 2 is 2.28 bits per heavy atom. The lowest BCUT2D eigenvalue weighted by Crippen LogP contribution is -2.27. The Hall–Kier alpha value is -2.44. The van der Waals surface area contributed by atoms with Crippen LogP contribution in [0.15, 0.2) is 29.2 Å². The molecule has 2 N–H and O–H groups in total. The highest BCUT2D eigenvalue weighted by Gasteiger charge is 2.12. The van der Waals surface area contributed by atoms with Gasteiger partial charge in [0.25, 0.3) is 5.56 Å². The Kier molecular flexibility index (Phi) is 2.97. The zero-order valence-electron chi connectivity index (χ0n) is 9.42. The summed E-state index contributed by atoms with van der Waals surface area (Å²) in [6.45, 7) is 1.57. The molecule has 2 rings (SSSR count). The number of halogens is 1. The molecule has 2 heterocycles. The average molecular weight is 251 g/mol. The van der Waals surface area contributed by atoms with Crippen molar-refractivity contribution in [2.45, 2.75) is 13.0 Å². The second-order valence-electron chi connectivity index (χ2n) is 3.77. The molecule has 0 aliphatic rings. The van der Waals surface area contributed by atoms with Crippen molar-refractivity contribution in [2.24, 2.45) is 0 Å². The minimum absolute atomic E-state index is 0.262. The van der Waals surface area contributed by atoms with Gasteiger partial charge in [0.15, 0.2) is 0 Å². The number of amides is 1. The summed E-state index contributed by atoms with van der Waals surface area (Å²) in [6, 6.07) is 3.09. The van der Waals surface area contributed by atoms with Gasteiger partial charge in [0.2, 0.25) is 0 Å². The molecule has 0 saturated carbocycles. The fourth-order valence-corrected chi connectivity index (χ4v) is 1.58. The first kappa shape index (κ1) is 12.0. The smallest absolute Gasteiger partial charge is 0.405 e. The van der Waals surface area contributed by atoms with Crippen molar-refractivity contribution in [1.82, 2.24) is 14.7 Å². The summed E-state index contributed by atoms with van der Waals surface area (Å²) in [5, 5.41) is 10.8. The fraction of sp³-hybridized carbons (Fsp3) is 0.182. The molecule has 0 saturated heterocycles. The van der Waals surface area contributed by atoms with Crippen LogP contribution in [0.1, 0.15) is 18.7 Å². The highest BCUT2D eigenvalue weighted by atomic mass is 19.1. The largest absolute Gasteiger partial charge is 0.465 e. The number of pyridine rings is 1. The molecule has 2 aromatic rings. The van der Waals surface area contributed by atoms with E-state index in [1.165, 1.54) is 18.2 Å². The van der Waals surface area contributed by atoms with E-state index in [4.69, 9.17) is 5.11 Å². The average Bonchev–Trinajstić information content (AvgIpc) is 2.29. The maximum Gasteiger partial charge on any atom is 0.405 e. The molecule has 0 fully saturated rings. The van der Waals surface area contributed by atoms with Crippen LogP contribution < -0.4 is 10.9 Å². The number of nitrogens with zero attached hydrogens (tertiary/aromatic N) is 2. The van der Waals surface area contributed by atoms with Gasteiger partial charge >= 0.3 is 6.09 Å². The van der Waals surface area contributed by atoms with E-state index in [-0.39, 0.29) is 11.3 Å². The van der Waals surface area contributed by atoms with Crippen LogP contribution in [-0.2, 0) is 0 Å². The molecule has 2 aromatic heterocycles. The van der Waals surface area contributed by atoms with Gasteiger partial charge in [0, 0.05) is 12.3 Å². The zero-order valence-corrected chi connectivity index (χ0v) is 9.42. The standard InChI is InChI=1S/C11H10FN3O3/c1-6(13-11(17)18)8-4-10(16)15-5-7(12)2-3-9(15)14-8/h2-6,13H,1H3,(H,17,18). The number of hydrogen-bond donors (Lipinski definition) is 2. The first-order valence-electron chi connectivity index (χ1n) is 5.15. The van der Waals surface area contributed by atoms with Gasteiger partial charge in [0.05, 0.1) is 11.7 Å². The zero-order chi connectivity index (χ0) is 13.3. The molecule has 7 heteroatoms. The third kappa shape index (κ3) is 2.29. The first-order chi connectivity index (χ1) is 8.47. The number of aromatic nitrogens is 2. The van der Waals surface area contributed by atoms with Crippen molar-refractivity contribution in [3.8, 4) is 0 Å². The molecule has 0 bridgehead atoms. The van der Waals surface area contributed by atoms with Crippen LogP contribution in [0.25, 0.3) is 5.65 Å². The van der Waals surface area contributed by atoms with E-state index in [2.05, 4.69) is 10.3 Å². The molecule has 0 aromatic carbocycles. The van der Waals surface area contributed by atoms with Gasteiger partial charge in [-0.1, -0.05) is 0 Å². The molecule has 1 amide bonds. The van der Waals surface area contributed by atoms with Crippen molar-refractivity contribution < 1.29 is 14.3 Å². The predicted octanol–water partition coefficient (Wildman–Crippen LogP) is 1.16. The maximum atomic E-state index is 13.0. The SMILES string of the molecule is CC(NC(=O)O)c1cc(=O)n2cc(F)ccc2n1. The monoisotopic (exact) mass is 251 g/mol. The molecule has 1 unspecified atom stereocenters. The van der Waals surface area contributed by atoms with E-state index in [0.717, 1.165) is 10.6 Å². The highest BCUT2D eigenvalue weighted by Crippen LogP contribution is 2.09. The topological polar surface area (TPSA) is 83.7 Å². The van der Waals surface area contributed by atoms with Gasteiger partial charge in [0.1, 0.15) is 11.5 Å². The third-order valence-corrected chi connectivity index (χ3v) is 2.43. The predicted molar refractivity (Wildman–Crippen MR) is 61.0 cm³/mol. The second kappa shape index (κ2) is 4.44. The third-order valence-electron chi connectivity index (χ3n) is 2.43. The molecule has 0 aliphatic heterocycles. The number of rotatable bonds is 2. The molecule has 0 spiro atoms. The van der Waals surface area contributed by atoms with Gasteiger partial charge in [-0.2, -0.15) is 0 Å². The van der Waals surface area contributed by atoms with Gasteiger partial charge in [-0.15, -0.1) is 0 Å². The van der Waals surface area contributed by atoms with Crippen LogP contribution in [0.4, 0.5) is 9.18 Å². The summed E-state index contributed by atoms with van der Waals surface area (Å²) >= 11 is 0. The summed E-state index contributed by atoms with van der Waals surface area (Å²) in [5.74, 6) is -0.546. The number of carbonyl (C=O) groups is 1. The first-order valence-corrected chi connectivity index (χ1v) is 5.15. The summed E-state index contributed by atoms with van der Waals surface area (Å²) in [7, 11) is 0. The van der Waals surface area contributed by atoms with Crippen molar-refractivity contribution in [3.63, 3.8) is 0 Å². The number of hydrogen-bond acceptors (Lipinski definition) is 3. The van der Waals surface area contributed by atoms with Crippen molar-refractivity contribution >= 4 is 11.7 Å². The molecular formula is C11H10FN3O3. The van der Waals surface area contributed by atoms with Crippen LogP contribution in [0.5, 0.6) is 0 Å². The van der Waals surface area contributed by atoms with Gasteiger partial charge in [-0.3, -0.25) is 9.20 Å². The molecule has 0 aliphatic carbocycles. The van der Waals surface area contributed by atoms with Crippen LogP contribution in [0.3, 0.4) is 0 Å². The van der Waals surface area contributed by atoms with E-state index in [9.17, 15) is 14.0 Å². The fourth-order valence-electron chi connectivity index (χ4n) is 1.58. The Bertz CT molecular complexity index is 668. The van der Waals surface area contributed by atoms with E-state index in [1.807, 2.05) is 0 Å². The Morgan fingerprint density at radius 1 is 1.56 bits per heavy atom. The van der Waals surface area contributed by atoms with Gasteiger partial charge in [-0.05, 0) is 19.1 Å². The lowest BCUT2D eigenvalue weighted by Gasteiger charge is -2.11. The minimum Gasteiger partial charge on any atom is -0.465 e. The summed E-state index contributed by atoms with van der Waals surface area (Å²) in [4.78, 5) is 26.3. The molecular weight excluding hydrogens is 241 g/mol. The quantitative estimate of drug-likeness (QED) is 0.838. The van der Waals surface area contributed by atoms with Crippen molar-refractivity contribution in [1.29, 1.82) is 0 Å². The van der Waals surface area contributed by atoms with Crippen LogP contribution in [-0.4, -0.2) is 20.6 Å². The summed E-state index contributed by atoms with van der Waals surface area (Å²) in [5.41, 5.74) is 0.0838. The molecule has 0 radical (unpaired) electrons. The summed E-state index contributed by atoms with van der Waals surface area (Å²) < 4.78 is 14.0. The summed E-state index contributed by atoms with van der Waals surface area (Å²) in [6.07, 6.45) is -0.174. The molecule has 6 nitrogen and oxygen atoms in total. The van der Waals surface area contributed by atoms with E-state index in [0.29, 0.717) is 0 Å². The lowest BCUT2D eigenvalue weighted by molar-refractivity contribution is 0.190. The van der Waals surface area contributed by atoms with Crippen LogP contribution >= 0.6 is 0 Å². The van der Waals surface area contributed by atoms with Crippen molar-refractivity contribution in [3.05, 3.63) is 46.3 Å². The minimum atomic E-state index is -1.20. The van der Waals surface area contributed by atoms with E-state index < -0.39 is 23.5 Å². The van der Waals surface area contributed by atoms with Gasteiger partial charge in [-0.25, -0.2) is 14.2 Å². The van der Waals surface area contributed by atoms with Crippen LogP contribution in [0, 0.1) is 5.82 Å². The maximum absolute atomic E-state index is 13.0. The molecule has 94 valence electrons.